The van der Waals surface area contributed by atoms with Crippen LogP contribution < -0.4 is 5.32 Å². The third kappa shape index (κ3) is 5.60. The number of hydrogen-bond donors (Lipinski definition) is 1. The first-order valence-electron chi connectivity index (χ1n) is 6.79. The van der Waals surface area contributed by atoms with E-state index in [4.69, 9.17) is 0 Å². The maximum absolute atomic E-state index is 3.50. The fourth-order valence-electron chi connectivity index (χ4n) is 1.83. The van der Waals surface area contributed by atoms with Gasteiger partial charge in [0.05, 0.1) is 0 Å². The molecule has 2 rings (SSSR count). The highest BCUT2D eigenvalue weighted by Gasteiger charge is 2.01. The molecular formula is C16H20BrNS2. The van der Waals surface area contributed by atoms with Crippen LogP contribution in [0.5, 0.6) is 0 Å². The van der Waals surface area contributed by atoms with Gasteiger partial charge in [-0.3, -0.25) is 0 Å². The molecule has 0 bridgehead atoms. The van der Waals surface area contributed by atoms with Gasteiger partial charge in [-0.2, -0.15) is 0 Å². The molecule has 1 nitrogen and oxygen atoms in total. The zero-order chi connectivity index (χ0) is 14.4. The fourth-order valence-corrected chi connectivity index (χ4v) is 4.32. The maximum Gasteiger partial charge on any atom is 0.0326 e. The van der Waals surface area contributed by atoms with Gasteiger partial charge in [-0.25, -0.2) is 0 Å². The van der Waals surface area contributed by atoms with E-state index in [-0.39, 0.29) is 0 Å². The Morgan fingerprint density at radius 1 is 1.30 bits per heavy atom. The first-order chi connectivity index (χ1) is 9.63. The highest BCUT2D eigenvalue weighted by Crippen LogP contribution is 2.28. The van der Waals surface area contributed by atoms with Gasteiger partial charge in [0.25, 0.3) is 0 Å². The Morgan fingerprint density at radius 3 is 2.85 bits per heavy atom. The van der Waals surface area contributed by atoms with E-state index >= 15 is 0 Å². The predicted octanol–water partition coefficient (Wildman–Crippen LogP) is 5.55. The lowest BCUT2D eigenvalue weighted by atomic mass is 10.2. The summed E-state index contributed by atoms with van der Waals surface area (Å²) in [5.41, 5.74) is 1.36. The lowest BCUT2D eigenvalue weighted by Gasteiger charge is -2.08. The Bertz CT molecular complexity index is 537. The predicted molar refractivity (Wildman–Crippen MR) is 94.6 cm³/mol. The van der Waals surface area contributed by atoms with Crippen molar-refractivity contribution in [3.8, 4) is 0 Å². The van der Waals surface area contributed by atoms with Gasteiger partial charge in [0.2, 0.25) is 0 Å². The Hall–Kier alpha value is -0.290. The lowest BCUT2D eigenvalue weighted by Crippen LogP contribution is -2.18. The van der Waals surface area contributed by atoms with Crippen LogP contribution in [-0.2, 0) is 12.3 Å². The van der Waals surface area contributed by atoms with Gasteiger partial charge in [0.1, 0.15) is 0 Å². The van der Waals surface area contributed by atoms with E-state index in [2.05, 4.69) is 70.8 Å². The number of thiophene rings is 1. The summed E-state index contributed by atoms with van der Waals surface area (Å²) >= 11 is 7.22. The van der Waals surface area contributed by atoms with E-state index in [1.807, 2.05) is 23.1 Å². The molecule has 1 aromatic carbocycles. The lowest BCUT2D eigenvalue weighted by molar-refractivity contribution is 0.552. The van der Waals surface area contributed by atoms with Gasteiger partial charge in [-0.1, -0.05) is 26.0 Å². The summed E-state index contributed by atoms with van der Waals surface area (Å²) in [4.78, 5) is 2.75. The molecule has 0 radical (unpaired) electrons. The molecule has 1 heterocycles. The molecule has 108 valence electrons. The Balaban J connectivity index is 1.85. The van der Waals surface area contributed by atoms with Crippen molar-refractivity contribution in [3.63, 3.8) is 0 Å². The fraction of sp³-hybridized carbons (Fsp3) is 0.375. The van der Waals surface area contributed by atoms with Crippen LogP contribution in [0.25, 0.3) is 0 Å². The minimum Gasteiger partial charge on any atom is -0.312 e. The van der Waals surface area contributed by atoms with Crippen molar-refractivity contribution in [1.82, 2.24) is 5.32 Å². The number of nitrogens with one attached hydrogen (secondary N) is 1. The second-order valence-corrected chi connectivity index (χ2v) is 8.15. The number of hydrogen-bond acceptors (Lipinski definition) is 3. The third-order valence-corrected chi connectivity index (χ3v) is 5.71. The highest BCUT2D eigenvalue weighted by molar-refractivity contribution is 9.10. The molecule has 0 unspecified atom stereocenters. The van der Waals surface area contributed by atoms with Crippen molar-refractivity contribution in [3.05, 3.63) is 50.6 Å². The first-order valence-corrected chi connectivity index (χ1v) is 9.44. The quantitative estimate of drug-likeness (QED) is 0.642. The van der Waals surface area contributed by atoms with Crippen molar-refractivity contribution in [2.24, 2.45) is 5.92 Å². The molecule has 0 saturated heterocycles. The summed E-state index contributed by atoms with van der Waals surface area (Å²) in [5, 5.41) is 5.63. The van der Waals surface area contributed by atoms with Crippen LogP contribution in [0.4, 0.5) is 0 Å². The smallest absolute Gasteiger partial charge is 0.0326 e. The average Bonchev–Trinajstić information content (AvgIpc) is 2.82. The summed E-state index contributed by atoms with van der Waals surface area (Å²) in [7, 11) is 0. The summed E-state index contributed by atoms with van der Waals surface area (Å²) in [6.07, 6.45) is 0. The number of halogens is 1. The first kappa shape index (κ1) is 16.1. The minimum absolute atomic E-state index is 0.699. The van der Waals surface area contributed by atoms with E-state index in [1.54, 1.807) is 0 Å². The molecule has 4 heteroatoms. The van der Waals surface area contributed by atoms with E-state index in [0.717, 1.165) is 18.8 Å². The van der Waals surface area contributed by atoms with Crippen LogP contribution in [0.2, 0.25) is 0 Å². The number of rotatable bonds is 7. The number of benzene rings is 1. The molecule has 2 aromatic rings. The average molecular weight is 370 g/mol. The van der Waals surface area contributed by atoms with E-state index < -0.39 is 0 Å². The van der Waals surface area contributed by atoms with Gasteiger partial charge >= 0.3 is 0 Å². The van der Waals surface area contributed by atoms with Crippen LogP contribution in [0, 0.1) is 5.92 Å². The largest absolute Gasteiger partial charge is 0.312 e. The standard InChI is InChI=1S/C16H20BrNS2/c1-12(2)8-18-9-13-4-3-5-15(6-13)20-11-16-7-14(17)10-19-16/h3-7,10,12,18H,8-9,11H2,1-2H3. The highest BCUT2D eigenvalue weighted by atomic mass is 79.9. The van der Waals surface area contributed by atoms with Crippen molar-refractivity contribution in [1.29, 1.82) is 0 Å². The van der Waals surface area contributed by atoms with Crippen LogP contribution in [0.15, 0.2) is 45.1 Å². The Labute approximate surface area is 138 Å². The van der Waals surface area contributed by atoms with E-state index in [9.17, 15) is 0 Å². The SMILES string of the molecule is CC(C)CNCc1cccc(SCc2cc(Br)cs2)c1. The summed E-state index contributed by atoms with van der Waals surface area (Å²) in [5.74, 6) is 1.74. The Kier molecular flexibility index (Phi) is 6.62. The number of thioether (sulfide) groups is 1. The molecule has 0 spiro atoms. The molecule has 0 aliphatic carbocycles. The molecule has 0 fully saturated rings. The second kappa shape index (κ2) is 8.23. The van der Waals surface area contributed by atoms with Crippen molar-refractivity contribution >= 4 is 39.0 Å². The molecule has 0 amide bonds. The molecule has 0 aliphatic heterocycles. The van der Waals surface area contributed by atoms with Crippen LogP contribution in [0.3, 0.4) is 0 Å². The van der Waals surface area contributed by atoms with Gasteiger partial charge < -0.3 is 5.32 Å². The van der Waals surface area contributed by atoms with E-state index in [0.29, 0.717) is 5.92 Å². The summed E-state index contributed by atoms with van der Waals surface area (Å²) in [6, 6.07) is 11.0. The monoisotopic (exact) mass is 369 g/mol. The third-order valence-electron chi connectivity index (χ3n) is 2.78. The van der Waals surface area contributed by atoms with Gasteiger partial charge in [0.15, 0.2) is 0 Å². The molecule has 1 aromatic heterocycles. The zero-order valence-corrected chi connectivity index (χ0v) is 15.1. The van der Waals surface area contributed by atoms with Gasteiger partial charge in [-0.05, 0) is 52.2 Å². The van der Waals surface area contributed by atoms with Crippen molar-refractivity contribution < 1.29 is 0 Å². The minimum atomic E-state index is 0.699. The van der Waals surface area contributed by atoms with Crippen molar-refractivity contribution in [2.45, 2.75) is 31.0 Å². The second-order valence-electron chi connectivity index (χ2n) is 5.19. The topological polar surface area (TPSA) is 12.0 Å². The Morgan fingerprint density at radius 2 is 2.15 bits per heavy atom. The zero-order valence-electron chi connectivity index (χ0n) is 11.9. The van der Waals surface area contributed by atoms with Crippen LogP contribution in [0.1, 0.15) is 24.3 Å². The maximum atomic E-state index is 3.50. The normalized spacial score (nSPS) is 11.2. The summed E-state index contributed by atoms with van der Waals surface area (Å²) in [6.45, 7) is 6.49. The summed E-state index contributed by atoms with van der Waals surface area (Å²) < 4.78 is 1.18. The molecule has 0 aliphatic rings. The molecule has 20 heavy (non-hydrogen) atoms. The molecule has 0 saturated carbocycles. The molecule has 0 atom stereocenters. The van der Waals surface area contributed by atoms with Gasteiger partial charge in [0, 0.05) is 31.9 Å². The van der Waals surface area contributed by atoms with Crippen LogP contribution >= 0.6 is 39.0 Å². The van der Waals surface area contributed by atoms with E-state index in [1.165, 1.54) is 19.8 Å². The van der Waals surface area contributed by atoms with Crippen molar-refractivity contribution in [2.75, 3.05) is 6.54 Å². The van der Waals surface area contributed by atoms with Gasteiger partial charge in [-0.15, -0.1) is 23.1 Å². The molecular weight excluding hydrogens is 350 g/mol. The molecule has 1 N–H and O–H groups in total. The van der Waals surface area contributed by atoms with Crippen LogP contribution in [-0.4, -0.2) is 6.54 Å².